The summed E-state index contributed by atoms with van der Waals surface area (Å²) in [5.41, 5.74) is 1.21. The molecule has 2 heterocycles. The normalized spacial score (nSPS) is 20.5. The van der Waals surface area contributed by atoms with E-state index in [-0.39, 0.29) is 0 Å². The van der Waals surface area contributed by atoms with Crippen molar-refractivity contribution >= 4 is 35.1 Å². The van der Waals surface area contributed by atoms with Gasteiger partial charge in [-0.15, -0.1) is 11.3 Å². The third-order valence-corrected chi connectivity index (χ3v) is 5.14. The van der Waals surface area contributed by atoms with E-state index in [1.54, 1.807) is 0 Å². The number of hydrogen-bond donors (Lipinski definition) is 0. The first-order valence-corrected chi connectivity index (χ1v) is 7.40. The fourth-order valence-corrected chi connectivity index (χ4v) is 3.67. The van der Waals surface area contributed by atoms with Gasteiger partial charge in [-0.3, -0.25) is 4.79 Å². The summed E-state index contributed by atoms with van der Waals surface area (Å²) in [5, 5.41) is 2.09. The molecule has 1 aliphatic rings. The molecule has 1 aromatic heterocycles. The van der Waals surface area contributed by atoms with E-state index in [9.17, 15) is 4.79 Å². The van der Waals surface area contributed by atoms with Crippen LogP contribution in [0.4, 0.5) is 5.69 Å². The average molecular weight is 255 g/mol. The lowest BCUT2D eigenvalue weighted by molar-refractivity contribution is 0.112. The maximum Gasteiger partial charge on any atom is 0.160 e. The van der Waals surface area contributed by atoms with Crippen molar-refractivity contribution in [2.45, 2.75) is 25.0 Å². The Morgan fingerprint density at radius 1 is 1.44 bits per heavy atom. The Kier molecular flexibility index (Phi) is 3.60. The van der Waals surface area contributed by atoms with Crippen molar-refractivity contribution in [2.24, 2.45) is 0 Å². The van der Waals surface area contributed by atoms with Crippen LogP contribution < -0.4 is 4.90 Å². The van der Waals surface area contributed by atoms with Crippen molar-refractivity contribution in [3.8, 4) is 0 Å². The summed E-state index contributed by atoms with van der Waals surface area (Å²) < 4.78 is 0.387. The van der Waals surface area contributed by atoms with Gasteiger partial charge in [-0.2, -0.15) is 11.8 Å². The van der Waals surface area contributed by atoms with Gasteiger partial charge in [0.1, 0.15) is 0 Å². The first-order valence-electron chi connectivity index (χ1n) is 5.53. The van der Waals surface area contributed by atoms with Crippen LogP contribution in [-0.2, 0) is 0 Å². The van der Waals surface area contributed by atoms with Gasteiger partial charge in [0, 0.05) is 34.7 Å². The molecule has 16 heavy (non-hydrogen) atoms. The summed E-state index contributed by atoms with van der Waals surface area (Å²) in [7, 11) is 0. The number of hydrogen-bond acceptors (Lipinski definition) is 4. The predicted octanol–water partition coefficient (Wildman–Crippen LogP) is 3.28. The van der Waals surface area contributed by atoms with Crippen LogP contribution in [0, 0.1) is 0 Å². The zero-order valence-corrected chi connectivity index (χ0v) is 11.4. The van der Waals surface area contributed by atoms with Crippen LogP contribution in [-0.4, -0.2) is 29.9 Å². The molecule has 0 atom stereocenters. The molecule has 1 aliphatic heterocycles. The highest BCUT2D eigenvalue weighted by molar-refractivity contribution is 8.00. The smallest absolute Gasteiger partial charge is 0.160 e. The van der Waals surface area contributed by atoms with Crippen LogP contribution >= 0.6 is 23.1 Å². The van der Waals surface area contributed by atoms with E-state index in [0.29, 0.717) is 4.75 Å². The number of carbonyl (C=O) groups excluding carboxylic acids is 1. The lowest BCUT2D eigenvalue weighted by Gasteiger charge is -2.23. The second-order valence-electron chi connectivity index (χ2n) is 4.67. The van der Waals surface area contributed by atoms with Gasteiger partial charge in [-0.25, -0.2) is 0 Å². The lowest BCUT2D eigenvalue weighted by atomic mass is 10.1. The molecule has 0 saturated carbocycles. The Balaban J connectivity index is 2.07. The minimum atomic E-state index is 0.387. The van der Waals surface area contributed by atoms with E-state index >= 15 is 0 Å². The SMILES string of the molecule is CC1(C)CCN(c2csc(C=O)c2)CCS1. The third-order valence-electron chi connectivity index (χ3n) is 2.92. The molecule has 88 valence electrons. The van der Waals surface area contributed by atoms with Crippen molar-refractivity contribution in [1.82, 2.24) is 0 Å². The molecule has 0 N–H and O–H groups in total. The lowest BCUT2D eigenvalue weighted by Crippen LogP contribution is -2.26. The van der Waals surface area contributed by atoms with Gasteiger partial charge >= 0.3 is 0 Å². The van der Waals surface area contributed by atoms with E-state index in [1.807, 2.05) is 17.8 Å². The van der Waals surface area contributed by atoms with Crippen molar-refractivity contribution in [3.05, 3.63) is 16.3 Å². The number of nitrogens with zero attached hydrogens (tertiary/aromatic N) is 1. The molecule has 2 nitrogen and oxygen atoms in total. The van der Waals surface area contributed by atoms with Crippen LogP contribution in [0.25, 0.3) is 0 Å². The summed E-state index contributed by atoms with van der Waals surface area (Å²) in [6.07, 6.45) is 2.13. The van der Waals surface area contributed by atoms with Crippen LogP contribution in [0.1, 0.15) is 29.9 Å². The van der Waals surface area contributed by atoms with E-state index in [1.165, 1.54) is 29.2 Å². The van der Waals surface area contributed by atoms with Gasteiger partial charge in [-0.1, -0.05) is 13.8 Å². The Bertz CT molecular complexity index is 373. The van der Waals surface area contributed by atoms with Crippen molar-refractivity contribution in [1.29, 1.82) is 0 Å². The van der Waals surface area contributed by atoms with Gasteiger partial charge in [0.15, 0.2) is 6.29 Å². The molecular formula is C12H17NOS2. The minimum Gasteiger partial charge on any atom is -0.370 e. The van der Waals surface area contributed by atoms with E-state index in [4.69, 9.17) is 0 Å². The second-order valence-corrected chi connectivity index (χ2v) is 7.42. The summed E-state index contributed by atoms with van der Waals surface area (Å²) in [4.78, 5) is 13.9. The topological polar surface area (TPSA) is 20.3 Å². The number of anilines is 1. The van der Waals surface area contributed by atoms with Crippen LogP contribution in [0.5, 0.6) is 0 Å². The van der Waals surface area contributed by atoms with Gasteiger partial charge in [-0.05, 0) is 12.5 Å². The number of aldehydes is 1. The molecule has 2 rings (SSSR count). The molecule has 4 heteroatoms. The fraction of sp³-hybridized carbons (Fsp3) is 0.583. The highest BCUT2D eigenvalue weighted by Gasteiger charge is 2.24. The standard InChI is InChI=1S/C12H17NOS2/c1-12(2)3-4-13(5-6-16-12)10-7-11(8-14)15-9-10/h7-9H,3-6H2,1-2H3. The highest BCUT2D eigenvalue weighted by atomic mass is 32.2. The Labute approximate surface area is 105 Å². The van der Waals surface area contributed by atoms with Gasteiger partial charge in [0.05, 0.1) is 4.88 Å². The molecule has 0 aliphatic carbocycles. The molecule has 1 fully saturated rings. The summed E-state index contributed by atoms with van der Waals surface area (Å²) in [6, 6.07) is 2.00. The molecule has 0 bridgehead atoms. The summed E-state index contributed by atoms with van der Waals surface area (Å²) in [5.74, 6) is 1.17. The number of rotatable bonds is 2. The molecule has 1 saturated heterocycles. The van der Waals surface area contributed by atoms with Crippen molar-refractivity contribution in [2.75, 3.05) is 23.7 Å². The number of carbonyl (C=O) groups is 1. The van der Waals surface area contributed by atoms with Crippen LogP contribution in [0.15, 0.2) is 11.4 Å². The van der Waals surface area contributed by atoms with E-state index in [0.717, 1.165) is 24.3 Å². The first-order chi connectivity index (χ1) is 7.61. The first kappa shape index (κ1) is 12.0. The van der Waals surface area contributed by atoms with Gasteiger partial charge < -0.3 is 4.90 Å². The van der Waals surface area contributed by atoms with Crippen molar-refractivity contribution < 1.29 is 4.79 Å². The molecule has 0 radical (unpaired) electrons. The molecular weight excluding hydrogens is 238 g/mol. The quantitative estimate of drug-likeness (QED) is 0.756. The zero-order valence-electron chi connectivity index (χ0n) is 9.73. The number of thioether (sulfide) groups is 1. The summed E-state index contributed by atoms with van der Waals surface area (Å²) in [6.45, 7) is 6.80. The Morgan fingerprint density at radius 2 is 2.25 bits per heavy atom. The second kappa shape index (κ2) is 4.80. The van der Waals surface area contributed by atoms with Crippen LogP contribution in [0.2, 0.25) is 0 Å². The Hall–Kier alpha value is -0.480. The van der Waals surface area contributed by atoms with E-state index in [2.05, 4.69) is 24.1 Å². The maximum atomic E-state index is 10.7. The summed E-state index contributed by atoms with van der Waals surface area (Å²) >= 11 is 3.58. The third kappa shape index (κ3) is 2.80. The maximum absolute atomic E-state index is 10.7. The van der Waals surface area contributed by atoms with Gasteiger partial charge in [0.2, 0.25) is 0 Å². The monoisotopic (exact) mass is 255 g/mol. The van der Waals surface area contributed by atoms with Crippen molar-refractivity contribution in [3.63, 3.8) is 0 Å². The highest BCUT2D eigenvalue weighted by Crippen LogP contribution is 2.33. The molecule has 0 unspecified atom stereocenters. The average Bonchev–Trinajstić information content (AvgIpc) is 2.64. The minimum absolute atomic E-state index is 0.387. The van der Waals surface area contributed by atoms with Gasteiger partial charge in [0.25, 0.3) is 0 Å². The molecule has 1 aromatic rings. The molecule has 0 spiro atoms. The number of thiophene rings is 1. The van der Waals surface area contributed by atoms with E-state index < -0.39 is 0 Å². The Morgan fingerprint density at radius 3 is 2.94 bits per heavy atom. The molecule has 0 aromatic carbocycles. The van der Waals surface area contributed by atoms with Crippen LogP contribution in [0.3, 0.4) is 0 Å². The largest absolute Gasteiger partial charge is 0.370 e. The zero-order chi connectivity index (χ0) is 11.6. The molecule has 0 amide bonds. The predicted molar refractivity (Wildman–Crippen MR) is 73.1 cm³/mol. The fourth-order valence-electron chi connectivity index (χ4n) is 1.85.